The summed E-state index contributed by atoms with van der Waals surface area (Å²) in [6.45, 7) is 23.7. The molecule has 0 aliphatic carbocycles. The third-order valence-electron chi connectivity index (χ3n) is 6.01. The van der Waals surface area contributed by atoms with Crippen molar-refractivity contribution in [1.82, 2.24) is 0 Å². The van der Waals surface area contributed by atoms with Gasteiger partial charge in [-0.15, -0.1) is 13.2 Å². The van der Waals surface area contributed by atoms with E-state index in [1.165, 1.54) is 44.8 Å². The predicted octanol–water partition coefficient (Wildman–Crippen LogP) is 3.87. The molecule has 1 radical (unpaired) electrons. The Morgan fingerprint density at radius 2 is 0.968 bits per heavy atom. The molecule has 0 N–H and O–H groups in total. The van der Waals surface area contributed by atoms with Crippen molar-refractivity contribution in [3.8, 4) is 0 Å². The van der Waals surface area contributed by atoms with Gasteiger partial charge in [-0.1, -0.05) is 47.5 Å². The van der Waals surface area contributed by atoms with Gasteiger partial charge in [0, 0.05) is 11.4 Å². The Bertz CT molecular complexity index is 815. The third-order valence-corrected chi connectivity index (χ3v) is 6.01. The van der Waals surface area contributed by atoms with E-state index in [1.807, 2.05) is 0 Å². The molecule has 1 saturated heterocycles. The van der Waals surface area contributed by atoms with Crippen molar-refractivity contribution in [1.29, 1.82) is 0 Å². The summed E-state index contributed by atoms with van der Waals surface area (Å²) in [5, 5.41) is 0. The molecule has 1 fully saturated rings. The zero-order valence-corrected chi connectivity index (χ0v) is 21.8. The molecule has 171 valence electrons. The Morgan fingerprint density at radius 1 is 0.677 bits per heavy atom. The van der Waals surface area contributed by atoms with E-state index >= 15 is 0 Å². The molecule has 0 saturated carbocycles. The number of hydrogen-bond acceptors (Lipinski definition) is 2. The van der Waals surface area contributed by atoms with Gasteiger partial charge in [0.1, 0.15) is 6.67 Å². The number of aryl methyl sites for hydroxylation is 6. The minimum absolute atomic E-state index is 0. The van der Waals surface area contributed by atoms with E-state index in [1.54, 1.807) is 0 Å². The normalized spacial score (nSPS) is 17.7. The summed E-state index contributed by atoms with van der Waals surface area (Å²) in [5.41, 5.74) is 10.6. The molecule has 1 heterocycles. The van der Waals surface area contributed by atoms with Gasteiger partial charge in [0.25, 0.3) is 0 Å². The first-order chi connectivity index (χ1) is 13.8. The van der Waals surface area contributed by atoms with Crippen molar-refractivity contribution in [3.05, 3.63) is 89.6 Å². The van der Waals surface area contributed by atoms with Gasteiger partial charge in [-0.05, 0) is 76.6 Å². The molecule has 3 rings (SSSR count). The Morgan fingerprint density at radius 3 is 1.23 bits per heavy atom. The minimum atomic E-state index is 0. The van der Waals surface area contributed by atoms with E-state index in [0.717, 1.165) is 12.8 Å². The molecule has 0 aromatic heterocycles. The Labute approximate surface area is 211 Å². The van der Waals surface area contributed by atoms with Gasteiger partial charge < -0.3 is 22.2 Å². The molecule has 0 unspecified atom stereocenters. The second-order valence-electron chi connectivity index (χ2n) is 8.61. The van der Waals surface area contributed by atoms with Crippen LogP contribution in [-0.2, 0) is 22.4 Å². The van der Waals surface area contributed by atoms with Crippen LogP contribution in [0.3, 0.4) is 0 Å². The van der Waals surface area contributed by atoms with E-state index < -0.39 is 0 Å². The first-order valence-corrected chi connectivity index (χ1v) is 10.6. The average molecular weight is 531 g/mol. The van der Waals surface area contributed by atoms with Gasteiger partial charge in [-0.3, -0.25) is 0 Å². The van der Waals surface area contributed by atoms with Crippen LogP contribution in [0.25, 0.3) is 0 Å². The summed E-state index contributed by atoms with van der Waals surface area (Å²) < 4.78 is 0. The number of rotatable bonds is 6. The molecule has 4 heteroatoms. The second-order valence-corrected chi connectivity index (χ2v) is 8.61. The fourth-order valence-corrected chi connectivity index (χ4v) is 5.17. The summed E-state index contributed by atoms with van der Waals surface area (Å²) in [6.07, 6.45) is 5.97. The molecule has 2 atom stereocenters. The molecule has 0 amide bonds. The minimum Gasteiger partial charge on any atom is -1.00 e. The number of anilines is 2. The van der Waals surface area contributed by atoms with Gasteiger partial charge in [0.2, 0.25) is 0 Å². The van der Waals surface area contributed by atoms with Crippen molar-refractivity contribution in [2.45, 2.75) is 66.5 Å². The van der Waals surface area contributed by atoms with Gasteiger partial charge >= 0.3 is 22.4 Å². The van der Waals surface area contributed by atoms with E-state index in [0.29, 0.717) is 12.1 Å². The van der Waals surface area contributed by atoms with E-state index in [9.17, 15) is 0 Å². The van der Waals surface area contributed by atoms with Crippen LogP contribution in [0.4, 0.5) is 11.4 Å². The molecule has 2 nitrogen and oxygen atoms in total. The van der Waals surface area contributed by atoms with Crippen LogP contribution in [0.5, 0.6) is 0 Å². The summed E-state index contributed by atoms with van der Waals surface area (Å²) in [5.74, 6) is 0. The van der Waals surface area contributed by atoms with Crippen LogP contribution in [0.1, 0.15) is 46.2 Å². The van der Waals surface area contributed by atoms with Crippen LogP contribution in [-0.4, -0.2) is 12.1 Å². The van der Waals surface area contributed by atoms with Gasteiger partial charge in [0.15, 0.2) is 0 Å². The van der Waals surface area contributed by atoms with E-state index in [-0.39, 0.29) is 34.8 Å². The molecule has 31 heavy (non-hydrogen) atoms. The first kappa shape index (κ1) is 27.6. The predicted molar refractivity (Wildman–Crippen MR) is 128 cm³/mol. The molecule has 1 aliphatic heterocycles. The molecular formula is C27H35AgClN2. The quantitative estimate of drug-likeness (QED) is 0.413. The van der Waals surface area contributed by atoms with E-state index in [2.05, 4.69) is 108 Å². The van der Waals surface area contributed by atoms with Crippen LogP contribution in [0.15, 0.2) is 49.6 Å². The van der Waals surface area contributed by atoms with Gasteiger partial charge in [-0.2, -0.15) is 0 Å². The summed E-state index contributed by atoms with van der Waals surface area (Å²) in [7, 11) is 0. The summed E-state index contributed by atoms with van der Waals surface area (Å²) in [6, 6.07) is 9.80. The average Bonchev–Trinajstić information content (AvgIpc) is 2.92. The standard InChI is InChI=1S/C27H35N2.Ag.ClH/c1-9-11-24-25(12-10-2)29(27-22(7)15-19(4)16-23(27)8)17-28(24)26-20(5)13-18(3)14-21(26)6;;/h9-10,13-17,24-25H,1-2,11-12H2,3-8H3;;1H/q;+1;/p-1/t24-,25+;;. The van der Waals surface area contributed by atoms with Crippen LogP contribution >= 0.6 is 0 Å². The number of hydrogen-bond donors (Lipinski definition) is 0. The monoisotopic (exact) mass is 529 g/mol. The molecule has 0 spiro atoms. The number of halogens is 1. The Hall–Kier alpha value is -1.45. The fourth-order valence-electron chi connectivity index (χ4n) is 5.17. The van der Waals surface area contributed by atoms with Crippen molar-refractivity contribution in [3.63, 3.8) is 0 Å². The maximum Gasteiger partial charge on any atom is 1.00 e. The molecule has 0 bridgehead atoms. The van der Waals surface area contributed by atoms with Crippen molar-refractivity contribution in [2.75, 3.05) is 9.80 Å². The van der Waals surface area contributed by atoms with Crippen molar-refractivity contribution < 1.29 is 34.8 Å². The second kappa shape index (κ2) is 11.4. The smallest absolute Gasteiger partial charge is 1.00 e. The van der Waals surface area contributed by atoms with Crippen LogP contribution in [0.2, 0.25) is 0 Å². The SMILES string of the molecule is C=CC[C@@H]1[C@H](CC=C)N(c2c(C)cc(C)cc2C)[CH]N1c1c(C)cc(C)cc1C.[Ag+].[Cl-]. The zero-order valence-electron chi connectivity index (χ0n) is 19.6. The summed E-state index contributed by atoms with van der Waals surface area (Å²) >= 11 is 0. The largest absolute Gasteiger partial charge is 1.00 e. The Kier molecular flexibility index (Phi) is 10.2. The molecular weight excluding hydrogens is 496 g/mol. The Balaban J connectivity index is 0.00000240. The van der Waals surface area contributed by atoms with Crippen LogP contribution in [0, 0.1) is 48.2 Å². The molecule has 2 aromatic rings. The first-order valence-electron chi connectivity index (χ1n) is 10.6. The number of benzene rings is 2. The maximum absolute atomic E-state index is 4.07. The number of nitrogens with zero attached hydrogens (tertiary/aromatic N) is 2. The molecule has 2 aromatic carbocycles. The fraction of sp³-hybridized carbons (Fsp3) is 0.370. The van der Waals surface area contributed by atoms with Crippen molar-refractivity contribution in [2.24, 2.45) is 0 Å². The van der Waals surface area contributed by atoms with Gasteiger partial charge in [-0.25, -0.2) is 0 Å². The maximum atomic E-state index is 4.07. The van der Waals surface area contributed by atoms with Crippen LogP contribution < -0.4 is 22.2 Å². The van der Waals surface area contributed by atoms with Gasteiger partial charge in [0.05, 0.1) is 12.1 Å². The zero-order chi connectivity index (χ0) is 21.3. The van der Waals surface area contributed by atoms with E-state index in [4.69, 9.17) is 0 Å². The molecule has 1 aliphatic rings. The summed E-state index contributed by atoms with van der Waals surface area (Å²) in [4.78, 5) is 4.97. The topological polar surface area (TPSA) is 6.48 Å². The van der Waals surface area contributed by atoms with Crippen molar-refractivity contribution >= 4 is 11.4 Å². The third kappa shape index (κ3) is 5.49.